The van der Waals surface area contributed by atoms with Crippen molar-refractivity contribution in [3.05, 3.63) is 47.9 Å². The molecule has 0 bridgehead atoms. The Morgan fingerprint density at radius 2 is 1.88 bits per heavy atom. The number of benzene rings is 1. The Bertz CT molecular complexity index is 819. The van der Waals surface area contributed by atoms with Gasteiger partial charge in [0.2, 0.25) is 15.9 Å². The molecule has 2 aromatic rings. The molecule has 25 heavy (non-hydrogen) atoms. The first-order chi connectivity index (χ1) is 12.0. The molecule has 1 fully saturated rings. The minimum atomic E-state index is -3.79. The lowest BCUT2D eigenvalue weighted by atomic mass is 9.99. The second kappa shape index (κ2) is 7.45. The number of halogens is 1. The van der Waals surface area contributed by atoms with Crippen LogP contribution in [0.3, 0.4) is 0 Å². The molecule has 0 radical (unpaired) electrons. The van der Waals surface area contributed by atoms with Gasteiger partial charge in [0, 0.05) is 19.2 Å². The summed E-state index contributed by atoms with van der Waals surface area (Å²) >= 11 is 0. The zero-order valence-corrected chi connectivity index (χ0v) is 14.7. The van der Waals surface area contributed by atoms with Crippen LogP contribution in [0.2, 0.25) is 0 Å². The van der Waals surface area contributed by atoms with Crippen LogP contribution in [-0.4, -0.2) is 42.6 Å². The van der Waals surface area contributed by atoms with E-state index in [1.807, 2.05) is 13.0 Å². The van der Waals surface area contributed by atoms with Crippen molar-refractivity contribution in [2.24, 2.45) is 5.92 Å². The molecule has 2 heterocycles. The summed E-state index contributed by atoms with van der Waals surface area (Å²) in [6.07, 6.45) is 1.32. The Morgan fingerprint density at radius 1 is 1.16 bits per heavy atom. The fourth-order valence-electron chi connectivity index (χ4n) is 2.78. The van der Waals surface area contributed by atoms with Gasteiger partial charge in [-0.15, -0.1) is 5.10 Å². The smallest absolute Gasteiger partial charge is 0.245 e. The van der Waals surface area contributed by atoms with Crippen molar-refractivity contribution < 1.29 is 17.5 Å². The molecule has 6 nitrogen and oxygen atoms in total. The number of sulfonamides is 1. The Hall–Kier alpha value is -2.06. The maximum atomic E-state index is 13.8. The molecule has 0 N–H and O–H groups in total. The molecular weight excluding hydrogens is 345 g/mol. The monoisotopic (exact) mass is 365 g/mol. The molecule has 0 saturated carbocycles. The van der Waals surface area contributed by atoms with Gasteiger partial charge in [-0.25, -0.2) is 12.8 Å². The normalized spacial score (nSPS) is 16.7. The number of rotatable bonds is 5. The van der Waals surface area contributed by atoms with Crippen LogP contribution in [0.5, 0.6) is 5.88 Å². The lowest BCUT2D eigenvalue weighted by Gasteiger charge is -2.31. The predicted octanol–water partition coefficient (Wildman–Crippen LogP) is 2.40. The Balaban J connectivity index is 1.56. The van der Waals surface area contributed by atoms with E-state index in [2.05, 4.69) is 10.2 Å². The van der Waals surface area contributed by atoms with E-state index in [9.17, 15) is 12.8 Å². The molecule has 1 aromatic heterocycles. The first-order valence-electron chi connectivity index (χ1n) is 8.14. The Kier molecular flexibility index (Phi) is 5.29. The number of hydrogen-bond acceptors (Lipinski definition) is 5. The van der Waals surface area contributed by atoms with Crippen LogP contribution in [-0.2, 0) is 10.0 Å². The average Bonchev–Trinajstić information content (AvgIpc) is 2.62. The molecule has 1 aliphatic rings. The number of hydrogen-bond donors (Lipinski definition) is 0. The molecule has 134 valence electrons. The SMILES string of the molecule is Cc1ccc(OCC2CCN(S(=O)(=O)c3ccccc3F)CC2)nn1. The fraction of sp³-hybridized carbons (Fsp3) is 0.412. The zero-order valence-electron chi connectivity index (χ0n) is 13.9. The molecular formula is C17H20FN3O3S. The average molecular weight is 365 g/mol. The van der Waals surface area contributed by atoms with E-state index in [4.69, 9.17) is 4.74 Å². The van der Waals surface area contributed by atoms with Crippen LogP contribution in [0.4, 0.5) is 4.39 Å². The van der Waals surface area contributed by atoms with Gasteiger partial charge in [-0.2, -0.15) is 9.40 Å². The highest BCUT2D eigenvalue weighted by Gasteiger charge is 2.31. The standard InChI is InChI=1S/C17H20FN3O3S/c1-13-6-7-17(20-19-13)24-12-14-8-10-21(11-9-14)25(22,23)16-5-3-2-4-15(16)18/h2-7,14H,8-12H2,1H3. The van der Waals surface area contributed by atoms with Crippen LogP contribution >= 0.6 is 0 Å². The number of piperidine rings is 1. The second-order valence-corrected chi connectivity index (χ2v) is 8.01. The van der Waals surface area contributed by atoms with Gasteiger partial charge in [-0.05, 0) is 43.9 Å². The summed E-state index contributed by atoms with van der Waals surface area (Å²) < 4.78 is 45.9. The van der Waals surface area contributed by atoms with Crippen molar-refractivity contribution in [1.82, 2.24) is 14.5 Å². The van der Waals surface area contributed by atoms with Crippen LogP contribution in [0.1, 0.15) is 18.5 Å². The first-order valence-corrected chi connectivity index (χ1v) is 9.58. The van der Waals surface area contributed by atoms with E-state index in [1.54, 1.807) is 6.07 Å². The fourth-order valence-corrected chi connectivity index (χ4v) is 4.31. The van der Waals surface area contributed by atoms with E-state index in [-0.39, 0.29) is 10.8 Å². The maximum absolute atomic E-state index is 13.8. The number of aryl methyl sites for hydroxylation is 1. The maximum Gasteiger partial charge on any atom is 0.245 e. The number of nitrogens with zero attached hydrogens (tertiary/aromatic N) is 3. The largest absolute Gasteiger partial charge is 0.476 e. The molecule has 3 rings (SSSR count). The van der Waals surface area contributed by atoms with Crippen molar-refractivity contribution >= 4 is 10.0 Å². The van der Waals surface area contributed by atoms with Crippen LogP contribution in [0, 0.1) is 18.7 Å². The summed E-state index contributed by atoms with van der Waals surface area (Å²) in [7, 11) is -3.79. The van der Waals surface area contributed by atoms with E-state index >= 15 is 0 Å². The lowest BCUT2D eigenvalue weighted by Crippen LogP contribution is -2.40. The minimum Gasteiger partial charge on any atom is -0.476 e. The van der Waals surface area contributed by atoms with E-state index < -0.39 is 15.8 Å². The third kappa shape index (κ3) is 4.13. The molecule has 0 unspecified atom stereocenters. The van der Waals surface area contributed by atoms with Gasteiger partial charge in [-0.1, -0.05) is 12.1 Å². The molecule has 0 aliphatic carbocycles. The van der Waals surface area contributed by atoms with Crippen LogP contribution in [0.25, 0.3) is 0 Å². The highest BCUT2D eigenvalue weighted by molar-refractivity contribution is 7.89. The molecule has 1 aliphatic heterocycles. The van der Waals surface area contributed by atoms with E-state index in [0.29, 0.717) is 38.4 Å². The van der Waals surface area contributed by atoms with Crippen LogP contribution < -0.4 is 4.74 Å². The van der Waals surface area contributed by atoms with Gasteiger partial charge < -0.3 is 4.74 Å². The lowest BCUT2D eigenvalue weighted by molar-refractivity contribution is 0.179. The quantitative estimate of drug-likeness (QED) is 0.814. The number of ether oxygens (including phenoxy) is 1. The molecule has 0 amide bonds. The van der Waals surface area contributed by atoms with E-state index in [0.717, 1.165) is 11.8 Å². The predicted molar refractivity (Wildman–Crippen MR) is 90.1 cm³/mol. The van der Waals surface area contributed by atoms with Crippen molar-refractivity contribution in [1.29, 1.82) is 0 Å². The molecule has 0 spiro atoms. The summed E-state index contributed by atoms with van der Waals surface area (Å²) in [6, 6.07) is 9.06. The topological polar surface area (TPSA) is 72.4 Å². The minimum absolute atomic E-state index is 0.232. The van der Waals surface area contributed by atoms with Gasteiger partial charge in [0.25, 0.3) is 0 Å². The summed E-state index contributed by atoms with van der Waals surface area (Å²) in [5.74, 6) is -0.0203. The molecule has 8 heteroatoms. The van der Waals surface area contributed by atoms with Crippen molar-refractivity contribution in [2.75, 3.05) is 19.7 Å². The number of aromatic nitrogens is 2. The first kappa shape index (κ1) is 17.8. The molecule has 0 atom stereocenters. The van der Waals surface area contributed by atoms with Gasteiger partial charge >= 0.3 is 0 Å². The molecule has 1 aromatic carbocycles. The molecule has 1 saturated heterocycles. The summed E-state index contributed by atoms with van der Waals surface area (Å²) in [5.41, 5.74) is 0.819. The highest BCUT2D eigenvalue weighted by atomic mass is 32.2. The highest BCUT2D eigenvalue weighted by Crippen LogP contribution is 2.25. The van der Waals surface area contributed by atoms with Gasteiger partial charge in [0.1, 0.15) is 10.7 Å². The summed E-state index contributed by atoms with van der Waals surface area (Å²) in [6.45, 7) is 3.02. The van der Waals surface area contributed by atoms with E-state index in [1.165, 1.54) is 22.5 Å². The van der Waals surface area contributed by atoms with Gasteiger partial charge in [0.15, 0.2) is 0 Å². The summed E-state index contributed by atoms with van der Waals surface area (Å²) in [5, 5.41) is 7.88. The van der Waals surface area contributed by atoms with Crippen LogP contribution in [0.15, 0.2) is 41.3 Å². The Morgan fingerprint density at radius 3 is 2.52 bits per heavy atom. The van der Waals surface area contributed by atoms with Crippen molar-refractivity contribution in [3.8, 4) is 5.88 Å². The third-order valence-corrected chi connectivity index (χ3v) is 6.20. The Labute approximate surface area is 146 Å². The van der Waals surface area contributed by atoms with Gasteiger partial charge in [0.05, 0.1) is 12.3 Å². The van der Waals surface area contributed by atoms with Crippen molar-refractivity contribution in [2.45, 2.75) is 24.7 Å². The van der Waals surface area contributed by atoms with Crippen molar-refractivity contribution in [3.63, 3.8) is 0 Å². The second-order valence-electron chi connectivity index (χ2n) is 6.10. The summed E-state index contributed by atoms with van der Waals surface area (Å²) in [4.78, 5) is -0.264. The zero-order chi connectivity index (χ0) is 17.9. The van der Waals surface area contributed by atoms with Gasteiger partial charge in [-0.3, -0.25) is 0 Å². The third-order valence-electron chi connectivity index (χ3n) is 4.27.